The van der Waals surface area contributed by atoms with E-state index in [0.29, 0.717) is 17.4 Å². The number of nitrogens with zero attached hydrogens (tertiary/aromatic N) is 2. The van der Waals surface area contributed by atoms with E-state index in [1.807, 2.05) is 7.05 Å². The van der Waals surface area contributed by atoms with Crippen molar-refractivity contribution in [3.8, 4) is 0 Å². The van der Waals surface area contributed by atoms with Crippen LogP contribution in [0.1, 0.15) is 5.82 Å². The Morgan fingerprint density at radius 3 is 2.76 bits per heavy atom. The molecule has 1 N–H and O–H groups in total. The molecule has 6 heteroatoms. The minimum absolute atomic E-state index is 0.107. The molecule has 90 valence electrons. The summed E-state index contributed by atoms with van der Waals surface area (Å²) in [5.41, 5.74) is 0.644. The third-order valence-corrected chi connectivity index (χ3v) is 3.06. The monoisotopic (exact) mass is 273 g/mol. The molecule has 2 aromatic rings. The van der Waals surface area contributed by atoms with Crippen molar-refractivity contribution in [2.75, 3.05) is 5.32 Å². The highest BCUT2D eigenvalue weighted by Gasteiger charge is 2.05. The Morgan fingerprint density at radius 1 is 1.41 bits per heavy atom. The van der Waals surface area contributed by atoms with Crippen LogP contribution in [0.2, 0.25) is 10.2 Å². The third-order valence-electron chi connectivity index (χ3n) is 2.40. The summed E-state index contributed by atoms with van der Waals surface area (Å²) in [5.74, 6) is 0.319. The van der Waals surface area contributed by atoms with Gasteiger partial charge in [0.2, 0.25) is 0 Å². The molecule has 0 amide bonds. The first-order chi connectivity index (χ1) is 8.08. The van der Waals surface area contributed by atoms with Crippen LogP contribution in [0.25, 0.3) is 0 Å². The molecular formula is C11H10Cl2FN3. The normalized spacial score (nSPS) is 10.6. The van der Waals surface area contributed by atoms with Gasteiger partial charge in [0.25, 0.3) is 0 Å². The number of halogens is 3. The Kier molecular flexibility index (Phi) is 3.54. The maximum absolute atomic E-state index is 13.2. The quantitative estimate of drug-likeness (QED) is 0.928. The maximum atomic E-state index is 13.2. The zero-order valence-corrected chi connectivity index (χ0v) is 10.6. The van der Waals surface area contributed by atoms with Gasteiger partial charge in [-0.15, -0.1) is 0 Å². The Morgan fingerprint density at radius 2 is 2.18 bits per heavy atom. The van der Waals surface area contributed by atoms with Gasteiger partial charge >= 0.3 is 0 Å². The van der Waals surface area contributed by atoms with Crippen LogP contribution in [0.5, 0.6) is 0 Å². The zero-order valence-electron chi connectivity index (χ0n) is 9.04. The van der Waals surface area contributed by atoms with Gasteiger partial charge in [0.05, 0.1) is 17.8 Å². The summed E-state index contributed by atoms with van der Waals surface area (Å²) < 4.78 is 14.9. The standard InChI is InChI=1S/C11H10Cl2FN3/c1-17-10(13)5-16-11(17)6-15-7-2-3-8(12)9(14)4-7/h2-5,15H,6H2,1H3. The van der Waals surface area contributed by atoms with Gasteiger partial charge in [-0.1, -0.05) is 23.2 Å². The van der Waals surface area contributed by atoms with Crippen LogP contribution in [-0.2, 0) is 13.6 Å². The van der Waals surface area contributed by atoms with E-state index >= 15 is 0 Å². The first kappa shape index (κ1) is 12.2. The fourth-order valence-electron chi connectivity index (χ4n) is 1.38. The molecule has 0 unspecified atom stereocenters. The van der Waals surface area contributed by atoms with Crippen molar-refractivity contribution in [2.45, 2.75) is 6.54 Å². The van der Waals surface area contributed by atoms with Crippen molar-refractivity contribution < 1.29 is 4.39 Å². The van der Waals surface area contributed by atoms with Gasteiger partial charge in [-0.3, -0.25) is 0 Å². The Hall–Kier alpha value is -1.26. The van der Waals surface area contributed by atoms with E-state index in [0.717, 1.165) is 5.82 Å². The van der Waals surface area contributed by atoms with Crippen molar-refractivity contribution in [3.05, 3.63) is 46.2 Å². The smallest absolute Gasteiger partial charge is 0.143 e. The number of nitrogens with one attached hydrogen (secondary N) is 1. The molecule has 0 fully saturated rings. The van der Waals surface area contributed by atoms with Crippen LogP contribution in [0.15, 0.2) is 24.4 Å². The van der Waals surface area contributed by atoms with Crippen LogP contribution in [0.4, 0.5) is 10.1 Å². The van der Waals surface area contributed by atoms with Gasteiger partial charge in [0.1, 0.15) is 16.8 Å². The predicted octanol–water partition coefficient (Wildman–Crippen LogP) is 3.48. The molecule has 0 spiro atoms. The van der Waals surface area contributed by atoms with E-state index in [1.54, 1.807) is 16.8 Å². The van der Waals surface area contributed by atoms with Crippen LogP contribution in [0.3, 0.4) is 0 Å². The lowest BCUT2D eigenvalue weighted by Gasteiger charge is -2.07. The number of hydrogen-bond acceptors (Lipinski definition) is 2. The van der Waals surface area contributed by atoms with Crippen LogP contribution < -0.4 is 5.32 Å². The van der Waals surface area contributed by atoms with Crippen LogP contribution >= 0.6 is 23.2 Å². The summed E-state index contributed by atoms with van der Waals surface area (Å²) in [6.07, 6.45) is 1.57. The number of benzene rings is 1. The summed E-state index contributed by atoms with van der Waals surface area (Å²) in [6, 6.07) is 4.55. The van der Waals surface area contributed by atoms with Crippen LogP contribution in [0, 0.1) is 5.82 Å². The average Bonchev–Trinajstić information content (AvgIpc) is 2.62. The van der Waals surface area contributed by atoms with E-state index < -0.39 is 5.82 Å². The van der Waals surface area contributed by atoms with Gasteiger partial charge in [-0.2, -0.15) is 0 Å². The maximum Gasteiger partial charge on any atom is 0.143 e. The predicted molar refractivity (Wildman–Crippen MR) is 67.0 cm³/mol. The Labute approximate surface area is 108 Å². The summed E-state index contributed by atoms with van der Waals surface area (Å²) in [7, 11) is 1.81. The zero-order chi connectivity index (χ0) is 12.4. The highest BCUT2D eigenvalue weighted by atomic mass is 35.5. The lowest BCUT2D eigenvalue weighted by Crippen LogP contribution is -2.06. The van der Waals surface area contributed by atoms with Gasteiger partial charge in [-0.05, 0) is 18.2 Å². The summed E-state index contributed by atoms with van der Waals surface area (Å²) in [5, 5.41) is 3.71. The van der Waals surface area contributed by atoms with Crippen molar-refractivity contribution in [1.82, 2.24) is 9.55 Å². The molecular weight excluding hydrogens is 264 g/mol. The molecule has 1 aromatic heterocycles. The van der Waals surface area contributed by atoms with Gasteiger partial charge in [0.15, 0.2) is 0 Å². The number of rotatable bonds is 3. The van der Waals surface area contributed by atoms with E-state index in [4.69, 9.17) is 23.2 Å². The van der Waals surface area contributed by atoms with Crippen molar-refractivity contribution >= 4 is 28.9 Å². The van der Waals surface area contributed by atoms with Crippen molar-refractivity contribution in [3.63, 3.8) is 0 Å². The van der Waals surface area contributed by atoms with E-state index in [9.17, 15) is 4.39 Å². The molecule has 0 aliphatic rings. The summed E-state index contributed by atoms with van der Waals surface area (Å²) in [6.45, 7) is 0.463. The van der Waals surface area contributed by atoms with E-state index in [2.05, 4.69) is 10.3 Å². The second kappa shape index (κ2) is 4.94. The molecule has 3 nitrogen and oxygen atoms in total. The summed E-state index contributed by atoms with van der Waals surface area (Å²) in [4.78, 5) is 4.12. The third kappa shape index (κ3) is 2.70. The number of aromatic nitrogens is 2. The largest absolute Gasteiger partial charge is 0.378 e. The number of anilines is 1. The fraction of sp³-hybridized carbons (Fsp3) is 0.182. The topological polar surface area (TPSA) is 29.9 Å². The molecule has 1 aromatic carbocycles. The second-order valence-electron chi connectivity index (χ2n) is 3.54. The lowest BCUT2D eigenvalue weighted by molar-refractivity contribution is 0.628. The van der Waals surface area contributed by atoms with Gasteiger partial charge in [0, 0.05) is 12.7 Å². The molecule has 0 atom stereocenters. The minimum atomic E-state index is -0.450. The second-order valence-corrected chi connectivity index (χ2v) is 4.33. The SMILES string of the molecule is Cn1c(Cl)cnc1CNc1ccc(Cl)c(F)c1. The van der Waals surface area contributed by atoms with E-state index in [1.165, 1.54) is 12.1 Å². The minimum Gasteiger partial charge on any atom is -0.378 e. The van der Waals surface area contributed by atoms with E-state index in [-0.39, 0.29) is 5.02 Å². The molecule has 0 aliphatic carbocycles. The van der Waals surface area contributed by atoms with Gasteiger partial charge < -0.3 is 9.88 Å². The highest BCUT2D eigenvalue weighted by molar-refractivity contribution is 6.30. The average molecular weight is 274 g/mol. The highest BCUT2D eigenvalue weighted by Crippen LogP contribution is 2.19. The van der Waals surface area contributed by atoms with Crippen LogP contribution in [-0.4, -0.2) is 9.55 Å². The molecule has 1 heterocycles. The Bertz CT molecular complexity index is 540. The molecule has 0 saturated heterocycles. The molecule has 0 radical (unpaired) electrons. The molecule has 0 aliphatic heterocycles. The molecule has 2 rings (SSSR count). The molecule has 0 bridgehead atoms. The van der Waals surface area contributed by atoms with Crippen molar-refractivity contribution in [2.24, 2.45) is 7.05 Å². The summed E-state index contributed by atoms with van der Waals surface area (Å²) >= 11 is 11.4. The first-order valence-electron chi connectivity index (χ1n) is 4.93. The number of imidazole rings is 1. The van der Waals surface area contributed by atoms with Gasteiger partial charge in [-0.25, -0.2) is 9.37 Å². The molecule has 17 heavy (non-hydrogen) atoms. The van der Waals surface area contributed by atoms with Crippen molar-refractivity contribution in [1.29, 1.82) is 0 Å². The first-order valence-corrected chi connectivity index (χ1v) is 5.68. The molecule has 0 saturated carbocycles. The fourth-order valence-corrected chi connectivity index (χ4v) is 1.64. The number of hydrogen-bond donors (Lipinski definition) is 1. The Balaban J connectivity index is 2.07. The lowest BCUT2D eigenvalue weighted by atomic mass is 10.3.